The van der Waals surface area contributed by atoms with Gasteiger partial charge >= 0.3 is 11.9 Å². The molecule has 2 unspecified atom stereocenters. The number of pyridine rings is 4. The molecule has 8 aromatic rings. The summed E-state index contributed by atoms with van der Waals surface area (Å²) in [6, 6.07) is 31.0. The summed E-state index contributed by atoms with van der Waals surface area (Å²) in [7, 11) is 1.38. The number of carbonyl (C=O) groups excluding carboxylic acids is 1. The van der Waals surface area contributed by atoms with Crippen molar-refractivity contribution in [1.82, 2.24) is 39.2 Å². The number of nitrogens with zero attached hydrogens (tertiary/aromatic N) is 10. The molecule has 6 aromatic heterocycles. The molecule has 2 aromatic carbocycles. The third-order valence-corrected chi connectivity index (χ3v) is 11.5. The number of aromatic carboxylic acids is 1. The maximum Gasteiger partial charge on any atom is 0.337 e. The molecular formula is C47H46N12O4. The number of esters is 1. The second-order valence-electron chi connectivity index (χ2n) is 15.7. The highest BCUT2D eigenvalue weighted by atomic mass is 16.5. The van der Waals surface area contributed by atoms with Gasteiger partial charge in [0.15, 0.2) is 11.3 Å². The maximum absolute atomic E-state index is 12.0. The third kappa shape index (κ3) is 8.68. The van der Waals surface area contributed by atoms with Gasteiger partial charge in [-0.3, -0.25) is 0 Å². The van der Waals surface area contributed by atoms with Gasteiger partial charge in [0.05, 0.1) is 29.6 Å². The van der Waals surface area contributed by atoms with Crippen molar-refractivity contribution in [3.63, 3.8) is 0 Å². The molecule has 0 amide bonds. The van der Waals surface area contributed by atoms with E-state index in [1.807, 2.05) is 79.1 Å². The molecule has 10 rings (SSSR count). The van der Waals surface area contributed by atoms with E-state index in [4.69, 9.17) is 14.7 Å². The summed E-state index contributed by atoms with van der Waals surface area (Å²) < 4.78 is 8.25. The highest BCUT2D eigenvalue weighted by Gasteiger charge is 2.23. The Morgan fingerprint density at radius 1 is 0.635 bits per heavy atom. The van der Waals surface area contributed by atoms with E-state index in [0.717, 1.165) is 70.0 Å². The van der Waals surface area contributed by atoms with E-state index in [9.17, 15) is 14.7 Å². The van der Waals surface area contributed by atoms with Crippen molar-refractivity contribution in [2.24, 2.45) is 0 Å². The average Bonchev–Trinajstić information content (AvgIpc) is 4.15. The second kappa shape index (κ2) is 17.6. The Hall–Kier alpha value is -7.88. The minimum atomic E-state index is -0.959. The lowest BCUT2D eigenvalue weighted by molar-refractivity contribution is 0.0599. The van der Waals surface area contributed by atoms with Crippen LogP contribution in [-0.4, -0.2) is 88.5 Å². The fraction of sp³-hybridized carbons (Fsp3) is 0.234. The van der Waals surface area contributed by atoms with E-state index >= 15 is 0 Å². The van der Waals surface area contributed by atoms with E-state index in [-0.39, 0.29) is 11.5 Å². The Balaban J connectivity index is 0.000000160. The van der Waals surface area contributed by atoms with Gasteiger partial charge < -0.3 is 30.3 Å². The largest absolute Gasteiger partial charge is 0.478 e. The van der Waals surface area contributed by atoms with Crippen molar-refractivity contribution in [1.29, 1.82) is 0 Å². The third-order valence-electron chi connectivity index (χ3n) is 11.5. The van der Waals surface area contributed by atoms with Gasteiger partial charge in [0.25, 0.3) is 0 Å². The molecule has 0 radical (unpaired) electrons. The number of rotatable bonds is 10. The highest BCUT2D eigenvalue weighted by Crippen LogP contribution is 2.32. The molecule has 16 heteroatoms. The molecule has 2 atom stereocenters. The number of anilines is 6. The van der Waals surface area contributed by atoms with Crippen LogP contribution in [0.3, 0.4) is 0 Å². The second-order valence-corrected chi connectivity index (χ2v) is 15.7. The van der Waals surface area contributed by atoms with Gasteiger partial charge in [-0.15, -0.1) is 0 Å². The topological polar surface area (TPSA) is 180 Å². The number of methoxy groups -OCH3 is 1. The van der Waals surface area contributed by atoms with Crippen LogP contribution < -0.4 is 20.4 Å². The smallest absolute Gasteiger partial charge is 0.337 e. The van der Waals surface area contributed by atoms with Gasteiger partial charge in [-0.25, -0.2) is 38.6 Å². The van der Waals surface area contributed by atoms with Crippen molar-refractivity contribution >= 4 is 57.9 Å². The molecule has 0 bridgehead atoms. The fourth-order valence-electron chi connectivity index (χ4n) is 8.26. The number of ether oxygens (including phenoxy) is 1. The van der Waals surface area contributed by atoms with Crippen LogP contribution in [-0.2, 0) is 4.74 Å². The van der Waals surface area contributed by atoms with Crippen LogP contribution in [0.5, 0.6) is 0 Å². The Labute approximate surface area is 363 Å². The van der Waals surface area contributed by atoms with Gasteiger partial charge in [-0.1, -0.05) is 36.4 Å². The molecule has 3 N–H and O–H groups in total. The lowest BCUT2D eigenvalue weighted by atomic mass is 10.0. The summed E-state index contributed by atoms with van der Waals surface area (Å²) in [5.41, 5.74) is 6.99. The van der Waals surface area contributed by atoms with Gasteiger partial charge in [0.1, 0.15) is 35.9 Å². The van der Waals surface area contributed by atoms with E-state index in [1.165, 1.54) is 45.4 Å². The van der Waals surface area contributed by atoms with Crippen LogP contribution in [0.2, 0.25) is 0 Å². The lowest BCUT2D eigenvalue weighted by Gasteiger charge is -2.23. The normalized spacial score (nSPS) is 15.9. The Morgan fingerprint density at radius 2 is 1.11 bits per heavy atom. The molecule has 8 heterocycles. The number of carbonyl (C=O) groups is 2. The number of carboxylic acids is 1. The number of hydrogen-bond acceptors (Lipinski definition) is 13. The van der Waals surface area contributed by atoms with Gasteiger partial charge in [-0.05, 0) is 111 Å². The minimum absolute atomic E-state index is 0.236. The van der Waals surface area contributed by atoms with Crippen LogP contribution in [0, 0.1) is 0 Å². The molecular weight excluding hydrogens is 797 g/mol. The summed E-state index contributed by atoms with van der Waals surface area (Å²) >= 11 is 0. The number of hydrogen-bond donors (Lipinski definition) is 3. The van der Waals surface area contributed by atoms with E-state index in [2.05, 4.69) is 54.4 Å². The molecule has 318 valence electrons. The molecule has 63 heavy (non-hydrogen) atoms. The average molecular weight is 843 g/mol. The van der Waals surface area contributed by atoms with Gasteiger partial charge in [0, 0.05) is 48.7 Å². The number of nitrogens with one attached hydrogen (secondary N) is 2. The Kier molecular flexibility index (Phi) is 11.3. The van der Waals surface area contributed by atoms with E-state index in [1.54, 1.807) is 39.4 Å². The first-order valence-electron chi connectivity index (χ1n) is 20.9. The SMILES string of the molecule is CC1CCCN1c1cccc(Nc2cc(-c3cccc(C(=O)O)c3)cn3ncnc23)n1.COC(=O)c1cccc(-c2cc(Nc3cccc(N4CCCC4C)n3)c3ncnn3c2)c1. The van der Waals surface area contributed by atoms with Crippen LogP contribution in [0.4, 0.5) is 34.6 Å². The summed E-state index contributed by atoms with van der Waals surface area (Å²) in [6.45, 7) is 6.50. The maximum atomic E-state index is 12.0. The van der Waals surface area contributed by atoms with Gasteiger partial charge in [-0.2, -0.15) is 10.2 Å². The quantitative estimate of drug-likeness (QED) is 0.112. The molecule has 2 fully saturated rings. The van der Waals surface area contributed by atoms with Crippen molar-refractivity contribution < 1.29 is 19.4 Å². The lowest BCUT2D eigenvalue weighted by Crippen LogP contribution is -2.27. The van der Waals surface area contributed by atoms with Crippen LogP contribution in [0.15, 0.2) is 122 Å². The van der Waals surface area contributed by atoms with Crippen molar-refractivity contribution in [3.05, 3.63) is 133 Å². The first kappa shape index (κ1) is 40.5. The number of carboxylic acid groups (broad SMARTS) is 1. The summed E-state index contributed by atoms with van der Waals surface area (Å²) in [5, 5.41) is 24.7. The molecule has 2 aliphatic heterocycles. The molecule has 2 saturated heterocycles. The number of fused-ring (bicyclic) bond motifs is 2. The molecule has 0 aliphatic carbocycles. The summed E-state index contributed by atoms with van der Waals surface area (Å²) in [5.74, 6) is 2.06. The van der Waals surface area contributed by atoms with Crippen molar-refractivity contribution in [2.45, 2.75) is 51.6 Å². The minimum Gasteiger partial charge on any atom is -0.478 e. The molecule has 0 saturated carbocycles. The van der Waals surface area contributed by atoms with Crippen LogP contribution >= 0.6 is 0 Å². The molecule has 2 aliphatic rings. The zero-order chi connectivity index (χ0) is 43.5. The van der Waals surface area contributed by atoms with Crippen molar-refractivity contribution in [2.75, 3.05) is 40.6 Å². The van der Waals surface area contributed by atoms with Gasteiger partial charge in [0.2, 0.25) is 0 Å². The standard InChI is InChI=1S/C24H24N6O2.C23H22N6O2/c1-16-6-5-11-29(16)22-10-4-9-21(28-22)27-20-13-19(14-30-23(20)25-15-26-30)17-7-3-8-18(12-17)24(31)32-2;1-15-5-4-10-28(15)21-9-3-8-20(27-21)26-19-12-18(13-29-22(19)24-14-25-29)16-6-2-7-17(11-16)23(30)31/h3-4,7-10,12-16H,5-6,11H2,1-2H3,(H,27,28);2-3,6-9,11-15H,4-5,10H2,1H3,(H,26,27)(H,30,31). The summed E-state index contributed by atoms with van der Waals surface area (Å²) in [6.07, 6.45) is 11.5. The predicted octanol–water partition coefficient (Wildman–Crippen LogP) is 8.53. The highest BCUT2D eigenvalue weighted by molar-refractivity contribution is 5.92. The predicted molar refractivity (Wildman–Crippen MR) is 242 cm³/mol. The van der Waals surface area contributed by atoms with E-state index in [0.29, 0.717) is 28.9 Å². The molecule has 0 spiro atoms. The van der Waals surface area contributed by atoms with E-state index < -0.39 is 5.97 Å². The number of aromatic nitrogens is 8. The molecule has 16 nitrogen and oxygen atoms in total. The Morgan fingerprint density at radius 3 is 1.57 bits per heavy atom. The number of benzene rings is 2. The monoisotopic (exact) mass is 842 g/mol. The first-order chi connectivity index (χ1) is 30.7. The van der Waals surface area contributed by atoms with Crippen LogP contribution in [0.1, 0.15) is 60.2 Å². The zero-order valence-corrected chi connectivity index (χ0v) is 35.1. The van der Waals surface area contributed by atoms with Crippen molar-refractivity contribution in [3.8, 4) is 22.3 Å². The zero-order valence-electron chi connectivity index (χ0n) is 35.1. The fourth-order valence-corrected chi connectivity index (χ4v) is 8.26. The Bertz CT molecular complexity index is 2950. The van der Waals surface area contributed by atoms with Crippen LogP contribution in [0.25, 0.3) is 33.5 Å². The first-order valence-corrected chi connectivity index (χ1v) is 20.9. The summed E-state index contributed by atoms with van der Waals surface area (Å²) in [4.78, 5) is 46.4.